The van der Waals surface area contributed by atoms with Gasteiger partial charge in [0.05, 0.1) is 18.0 Å². The molecule has 0 aromatic carbocycles. The van der Waals surface area contributed by atoms with Gasteiger partial charge < -0.3 is 10.0 Å². The monoisotopic (exact) mass is 266 g/mol. The van der Waals surface area contributed by atoms with Crippen LogP contribution in [0.3, 0.4) is 0 Å². The molecule has 1 fully saturated rings. The molecule has 1 saturated heterocycles. The molecule has 0 radical (unpaired) electrons. The molecule has 4 heteroatoms. The summed E-state index contributed by atoms with van der Waals surface area (Å²) in [7, 11) is 0. The number of hydrogen-bond donors (Lipinski definition) is 1. The van der Waals surface area contributed by atoms with Crippen LogP contribution in [0.5, 0.6) is 0 Å². The largest absolute Gasteiger partial charge is 0.387 e. The molecule has 1 aliphatic heterocycles. The Morgan fingerprint density at radius 2 is 2.16 bits per heavy atom. The second kappa shape index (κ2) is 6.96. The average molecular weight is 266 g/mol. The summed E-state index contributed by atoms with van der Waals surface area (Å²) < 4.78 is 12.7. The molecule has 0 aliphatic carbocycles. The lowest BCUT2D eigenvalue weighted by Crippen LogP contribution is -2.34. The summed E-state index contributed by atoms with van der Waals surface area (Å²) in [6, 6.07) is 2.90. The first kappa shape index (κ1) is 14.4. The van der Waals surface area contributed by atoms with E-state index in [1.165, 1.54) is 25.3 Å². The van der Waals surface area contributed by atoms with Crippen LogP contribution in [-0.4, -0.2) is 34.6 Å². The van der Waals surface area contributed by atoms with Gasteiger partial charge in [-0.05, 0) is 50.4 Å². The predicted molar refractivity (Wildman–Crippen MR) is 73.2 cm³/mol. The highest BCUT2D eigenvalue weighted by molar-refractivity contribution is 5.07. The molecule has 106 valence electrons. The lowest BCUT2D eigenvalue weighted by atomic mass is 9.94. The van der Waals surface area contributed by atoms with E-state index in [9.17, 15) is 9.50 Å². The zero-order valence-electron chi connectivity index (χ0n) is 11.6. The molecule has 2 rings (SSSR count). The van der Waals surface area contributed by atoms with Crippen LogP contribution < -0.4 is 0 Å². The van der Waals surface area contributed by atoms with Gasteiger partial charge >= 0.3 is 0 Å². The van der Waals surface area contributed by atoms with Crippen molar-refractivity contribution >= 4 is 0 Å². The van der Waals surface area contributed by atoms with Crippen LogP contribution >= 0.6 is 0 Å². The molecule has 0 amide bonds. The van der Waals surface area contributed by atoms with Gasteiger partial charge in [-0.25, -0.2) is 4.39 Å². The van der Waals surface area contributed by atoms with Gasteiger partial charge in [-0.15, -0.1) is 0 Å². The second-order valence-electron chi connectivity index (χ2n) is 5.40. The van der Waals surface area contributed by atoms with E-state index < -0.39 is 6.10 Å². The van der Waals surface area contributed by atoms with E-state index >= 15 is 0 Å². The fraction of sp³-hybridized carbons (Fsp3) is 0.667. The van der Waals surface area contributed by atoms with E-state index in [1.54, 1.807) is 6.07 Å². The molecule has 3 nitrogen and oxygen atoms in total. The average Bonchev–Trinajstić information content (AvgIpc) is 2.46. The van der Waals surface area contributed by atoms with E-state index in [1.807, 2.05) is 0 Å². The Morgan fingerprint density at radius 3 is 2.74 bits per heavy atom. The summed E-state index contributed by atoms with van der Waals surface area (Å²) in [5, 5.41) is 10.0. The number of likely N-dealkylation sites (tertiary alicyclic amines) is 1. The van der Waals surface area contributed by atoms with Crippen LogP contribution in [0.4, 0.5) is 4.39 Å². The Bertz CT molecular complexity index is 374. The number of aromatic nitrogens is 1. The minimum absolute atomic E-state index is 0.363. The van der Waals surface area contributed by atoms with Crippen LogP contribution in [0.15, 0.2) is 18.3 Å². The minimum Gasteiger partial charge on any atom is -0.387 e. The Balaban J connectivity index is 1.75. The van der Waals surface area contributed by atoms with Crippen molar-refractivity contribution in [2.24, 2.45) is 5.92 Å². The summed E-state index contributed by atoms with van der Waals surface area (Å²) in [5.74, 6) is 0.512. The molecule has 1 aromatic rings. The van der Waals surface area contributed by atoms with Gasteiger partial charge in [0.1, 0.15) is 5.82 Å². The van der Waals surface area contributed by atoms with E-state index in [2.05, 4.69) is 16.8 Å². The molecule has 1 atom stereocenters. The smallest absolute Gasteiger partial charge is 0.141 e. The van der Waals surface area contributed by atoms with Crippen LogP contribution in [0.2, 0.25) is 0 Å². The van der Waals surface area contributed by atoms with Crippen LogP contribution in [0.1, 0.15) is 44.4 Å². The first-order valence-electron chi connectivity index (χ1n) is 7.21. The quantitative estimate of drug-likeness (QED) is 0.890. The molecule has 0 bridgehead atoms. The van der Waals surface area contributed by atoms with Crippen molar-refractivity contribution in [1.29, 1.82) is 0 Å². The third-order valence-electron chi connectivity index (χ3n) is 4.09. The topological polar surface area (TPSA) is 36.4 Å². The van der Waals surface area contributed by atoms with Crippen molar-refractivity contribution in [1.82, 2.24) is 9.88 Å². The summed E-state index contributed by atoms with van der Waals surface area (Å²) >= 11 is 0. The number of piperidine rings is 1. The van der Waals surface area contributed by atoms with Gasteiger partial charge in [-0.2, -0.15) is 0 Å². The molecule has 19 heavy (non-hydrogen) atoms. The van der Waals surface area contributed by atoms with Crippen molar-refractivity contribution in [2.45, 2.75) is 38.7 Å². The Hall–Kier alpha value is -1.00. The molecule has 0 spiro atoms. The summed E-state index contributed by atoms with van der Waals surface area (Å²) in [6.45, 7) is 5.39. The van der Waals surface area contributed by atoms with Crippen LogP contribution in [0.25, 0.3) is 0 Å². The predicted octanol–water partition coefficient (Wildman–Crippen LogP) is 2.77. The fourth-order valence-electron chi connectivity index (χ4n) is 2.66. The Morgan fingerprint density at radius 1 is 1.42 bits per heavy atom. The molecule has 1 N–H and O–H groups in total. The molecular weight excluding hydrogens is 243 g/mol. The third kappa shape index (κ3) is 4.25. The number of pyridine rings is 1. The normalized spacial score (nSPS) is 19.5. The second-order valence-corrected chi connectivity index (χ2v) is 5.40. The first-order chi connectivity index (χ1) is 9.19. The standard InChI is InChI=1S/C15H23FN2O/c1-2-12-5-8-18(9-6-12)10-7-15(19)14-4-3-13(16)11-17-14/h3-4,11-12,15,19H,2,5-10H2,1H3. The number of halogens is 1. The Labute approximate surface area is 114 Å². The van der Waals surface area contributed by atoms with Crippen LogP contribution in [-0.2, 0) is 0 Å². The van der Waals surface area contributed by atoms with Crippen molar-refractivity contribution in [3.8, 4) is 0 Å². The number of nitrogens with zero attached hydrogens (tertiary/aromatic N) is 2. The number of hydrogen-bond acceptors (Lipinski definition) is 3. The fourth-order valence-corrected chi connectivity index (χ4v) is 2.66. The van der Waals surface area contributed by atoms with Gasteiger partial charge in [0.25, 0.3) is 0 Å². The molecule has 1 unspecified atom stereocenters. The van der Waals surface area contributed by atoms with Crippen molar-refractivity contribution < 1.29 is 9.50 Å². The zero-order valence-corrected chi connectivity index (χ0v) is 11.6. The van der Waals surface area contributed by atoms with Gasteiger partial charge in [0.2, 0.25) is 0 Å². The van der Waals surface area contributed by atoms with Crippen molar-refractivity contribution in [3.05, 3.63) is 29.8 Å². The van der Waals surface area contributed by atoms with Gasteiger partial charge in [0, 0.05) is 6.54 Å². The van der Waals surface area contributed by atoms with Crippen molar-refractivity contribution in [3.63, 3.8) is 0 Å². The maximum atomic E-state index is 12.7. The maximum absolute atomic E-state index is 12.7. The van der Waals surface area contributed by atoms with Gasteiger partial charge in [0.15, 0.2) is 0 Å². The van der Waals surface area contributed by atoms with E-state index in [0.717, 1.165) is 31.7 Å². The van der Waals surface area contributed by atoms with E-state index in [-0.39, 0.29) is 5.82 Å². The highest BCUT2D eigenvalue weighted by Crippen LogP contribution is 2.21. The summed E-state index contributed by atoms with van der Waals surface area (Å²) in [4.78, 5) is 6.33. The van der Waals surface area contributed by atoms with Crippen molar-refractivity contribution in [2.75, 3.05) is 19.6 Å². The Kier molecular flexibility index (Phi) is 5.28. The van der Waals surface area contributed by atoms with E-state index in [4.69, 9.17) is 0 Å². The summed E-state index contributed by atoms with van der Waals surface area (Å²) in [5.41, 5.74) is 0.560. The zero-order chi connectivity index (χ0) is 13.7. The highest BCUT2D eigenvalue weighted by atomic mass is 19.1. The molecule has 2 heterocycles. The minimum atomic E-state index is -0.593. The van der Waals surface area contributed by atoms with Gasteiger partial charge in [-0.3, -0.25) is 4.98 Å². The molecule has 1 aliphatic rings. The maximum Gasteiger partial charge on any atom is 0.141 e. The summed E-state index contributed by atoms with van der Waals surface area (Å²) in [6.07, 6.45) is 5.03. The van der Waals surface area contributed by atoms with E-state index in [0.29, 0.717) is 12.1 Å². The van der Waals surface area contributed by atoms with Crippen LogP contribution in [0, 0.1) is 11.7 Å². The first-order valence-corrected chi connectivity index (χ1v) is 7.21. The van der Waals surface area contributed by atoms with Gasteiger partial charge in [-0.1, -0.05) is 13.3 Å². The SMILES string of the molecule is CCC1CCN(CCC(O)c2ccc(F)cn2)CC1. The molecular formula is C15H23FN2O. The number of rotatable bonds is 5. The number of aliphatic hydroxyl groups is 1. The third-order valence-corrected chi connectivity index (χ3v) is 4.09. The number of aliphatic hydroxyl groups excluding tert-OH is 1. The molecule has 0 saturated carbocycles. The lowest BCUT2D eigenvalue weighted by molar-refractivity contribution is 0.120. The lowest BCUT2D eigenvalue weighted by Gasteiger charge is -2.31. The highest BCUT2D eigenvalue weighted by Gasteiger charge is 2.18. The molecule has 1 aromatic heterocycles.